The number of aldehydes is 1. The van der Waals surface area contributed by atoms with E-state index in [1.807, 2.05) is 0 Å². The molecule has 0 radical (unpaired) electrons. The number of ether oxygens (including phenoxy) is 2. The predicted molar refractivity (Wildman–Crippen MR) is 74.9 cm³/mol. The van der Waals surface area contributed by atoms with Crippen molar-refractivity contribution in [3.8, 4) is 11.5 Å². The number of carbonyl (C=O) groups excluding carboxylic acids is 1. The van der Waals surface area contributed by atoms with Gasteiger partial charge in [-0.25, -0.2) is 0 Å². The zero-order valence-corrected chi connectivity index (χ0v) is 13.5. The minimum absolute atomic E-state index is 0.200. The third-order valence-electron chi connectivity index (χ3n) is 3.67. The normalized spacial score (nSPS) is 27.5. The van der Waals surface area contributed by atoms with Crippen LogP contribution in [0.1, 0.15) is 34.6 Å². The molecular formula is C14H24O3Si. The maximum Gasteiger partial charge on any atom is 0.165 e. The van der Waals surface area contributed by atoms with Crippen molar-refractivity contribution in [3.05, 3.63) is 0 Å². The second kappa shape index (κ2) is 4.80. The summed E-state index contributed by atoms with van der Waals surface area (Å²) in [5, 5.41) is 0.200. The Morgan fingerprint density at radius 2 is 1.78 bits per heavy atom. The summed E-state index contributed by atoms with van der Waals surface area (Å²) in [6.07, 6.45) is -0.233. The van der Waals surface area contributed by atoms with E-state index in [0.717, 1.165) is 6.29 Å². The molecule has 18 heavy (non-hydrogen) atoms. The summed E-state index contributed by atoms with van der Waals surface area (Å²) >= 11 is 0. The molecule has 1 heterocycles. The van der Waals surface area contributed by atoms with Crippen LogP contribution in [0.4, 0.5) is 0 Å². The molecule has 1 rings (SSSR count). The zero-order valence-electron chi connectivity index (χ0n) is 12.5. The summed E-state index contributed by atoms with van der Waals surface area (Å²) in [7, 11) is -1.67. The molecule has 0 bridgehead atoms. The Bertz CT molecular complexity index is 382. The van der Waals surface area contributed by atoms with Crippen LogP contribution in [0.2, 0.25) is 18.1 Å². The Morgan fingerprint density at radius 3 is 2.22 bits per heavy atom. The maximum absolute atomic E-state index is 11.0. The molecule has 0 aromatic rings. The van der Waals surface area contributed by atoms with Crippen LogP contribution in [0, 0.1) is 11.5 Å². The van der Waals surface area contributed by atoms with Crippen molar-refractivity contribution in [2.45, 2.75) is 70.7 Å². The van der Waals surface area contributed by atoms with Crippen molar-refractivity contribution in [2.24, 2.45) is 0 Å². The van der Waals surface area contributed by atoms with Gasteiger partial charge in [0.15, 0.2) is 24.3 Å². The third kappa shape index (κ3) is 3.44. The summed E-state index contributed by atoms with van der Waals surface area (Å²) < 4.78 is 11.1. The number of carbonyl (C=O) groups is 1. The molecule has 1 saturated heterocycles. The summed E-state index contributed by atoms with van der Waals surface area (Å²) in [4.78, 5) is 11.0. The van der Waals surface area contributed by atoms with E-state index in [4.69, 9.17) is 9.47 Å². The van der Waals surface area contributed by atoms with Gasteiger partial charge in [0.05, 0.1) is 0 Å². The largest absolute Gasteiger partial charge is 0.336 e. The van der Waals surface area contributed by atoms with Gasteiger partial charge in [-0.05, 0) is 18.9 Å². The van der Waals surface area contributed by atoms with Crippen LogP contribution < -0.4 is 0 Å². The standard InChI is InChI=1S/C14H24O3Si/c1-13(2,3)18(6,7)9-8-11-12(10-15)17-14(4,5)16-11/h10-12H,1-7H3/t11-,12+/m0/s1. The van der Waals surface area contributed by atoms with Gasteiger partial charge in [0.1, 0.15) is 8.07 Å². The molecule has 0 aromatic heterocycles. The second-order valence-electron chi connectivity index (χ2n) is 6.80. The Hall–Kier alpha value is -0.633. The fourth-order valence-electron chi connectivity index (χ4n) is 1.44. The Kier molecular flexibility index (Phi) is 4.12. The van der Waals surface area contributed by atoms with E-state index in [2.05, 4.69) is 45.3 Å². The number of rotatable bonds is 1. The Balaban J connectivity index is 2.89. The minimum Gasteiger partial charge on any atom is -0.336 e. The molecule has 0 saturated carbocycles. The van der Waals surface area contributed by atoms with Gasteiger partial charge in [0.25, 0.3) is 0 Å². The van der Waals surface area contributed by atoms with Gasteiger partial charge in [-0.1, -0.05) is 39.8 Å². The molecule has 1 aliphatic heterocycles. The average molecular weight is 268 g/mol. The van der Waals surface area contributed by atoms with Gasteiger partial charge in [0.2, 0.25) is 0 Å². The van der Waals surface area contributed by atoms with Crippen molar-refractivity contribution in [1.82, 2.24) is 0 Å². The molecular weight excluding hydrogens is 244 g/mol. The van der Waals surface area contributed by atoms with Gasteiger partial charge in [0, 0.05) is 0 Å². The molecule has 4 heteroatoms. The highest BCUT2D eigenvalue weighted by atomic mass is 28.3. The van der Waals surface area contributed by atoms with Crippen molar-refractivity contribution in [2.75, 3.05) is 0 Å². The molecule has 3 nitrogen and oxygen atoms in total. The first-order chi connectivity index (χ1) is 7.98. The molecule has 0 aliphatic carbocycles. The fraction of sp³-hybridized carbons (Fsp3) is 0.786. The highest BCUT2D eigenvalue weighted by molar-refractivity contribution is 6.87. The van der Waals surface area contributed by atoms with Gasteiger partial charge >= 0.3 is 0 Å². The molecule has 102 valence electrons. The van der Waals surface area contributed by atoms with Gasteiger partial charge in [-0.2, -0.15) is 0 Å². The molecule has 0 amide bonds. The predicted octanol–water partition coefficient (Wildman–Crippen LogP) is 2.76. The summed E-state index contributed by atoms with van der Waals surface area (Å²) in [6.45, 7) is 14.7. The van der Waals surface area contributed by atoms with E-state index < -0.39 is 26.1 Å². The van der Waals surface area contributed by atoms with Crippen molar-refractivity contribution in [1.29, 1.82) is 0 Å². The lowest BCUT2D eigenvalue weighted by atomic mass is 10.2. The van der Waals surface area contributed by atoms with Gasteiger partial charge in [-0.15, -0.1) is 5.54 Å². The Labute approximate surface area is 111 Å². The lowest BCUT2D eigenvalue weighted by Crippen LogP contribution is -2.36. The monoisotopic (exact) mass is 268 g/mol. The third-order valence-corrected chi connectivity index (χ3v) is 8.18. The number of hydrogen-bond acceptors (Lipinski definition) is 3. The van der Waals surface area contributed by atoms with E-state index in [1.165, 1.54) is 0 Å². The lowest BCUT2D eigenvalue weighted by Gasteiger charge is -2.31. The van der Waals surface area contributed by atoms with Crippen LogP contribution >= 0.6 is 0 Å². The van der Waals surface area contributed by atoms with E-state index in [-0.39, 0.29) is 5.04 Å². The zero-order chi connectivity index (χ0) is 14.2. The minimum atomic E-state index is -1.67. The first kappa shape index (κ1) is 15.4. The van der Waals surface area contributed by atoms with Crippen molar-refractivity contribution >= 4 is 14.4 Å². The molecule has 1 fully saturated rings. The van der Waals surface area contributed by atoms with Crippen molar-refractivity contribution in [3.63, 3.8) is 0 Å². The highest BCUT2D eigenvalue weighted by Gasteiger charge is 2.41. The summed E-state index contributed by atoms with van der Waals surface area (Å²) in [6, 6.07) is 0. The lowest BCUT2D eigenvalue weighted by molar-refractivity contribution is -0.147. The highest BCUT2D eigenvalue weighted by Crippen LogP contribution is 2.35. The molecule has 0 spiro atoms. The summed E-state index contributed by atoms with van der Waals surface area (Å²) in [5.74, 6) is 2.39. The van der Waals surface area contributed by atoms with Crippen LogP contribution in [-0.2, 0) is 14.3 Å². The smallest absolute Gasteiger partial charge is 0.165 e. The van der Waals surface area contributed by atoms with Crippen molar-refractivity contribution < 1.29 is 14.3 Å². The second-order valence-corrected chi connectivity index (χ2v) is 11.8. The van der Waals surface area contributed by atoms with Gasteiger partial charge in [-0.3, -0.25) is 0 Å². The van der Waals surface area contributed by atoms with Crippen LogP contribution in [-0.4, -0.2) is 32.4 Å². The maximum atomic E-state index is 11.0. The van der Waals surface area contributed by atoms with Crippen LogP contribution in [0.25, 0.3) is 0 Å². The first-order valence-electron chi connectivity index (χ1n) is 6.32. The Morgan fingerprint density at radius 1 is 1.22 bits per heavy atom. The van der Waals surface area contributed by atoms with E-state index in [1.54, 1.807) is 13.8 Å². The topological polar surface area (TPSA) is 35.5 Å². The molecule has 2 atom stereocenters. The molecule has 0 aromatic carbocycles. The SMILES string of the molecule is CC1(C)O[C@@H](C#C[Si](C)(C)C(C)(C)C)[C@@H](C=O)O1. The summed E-state index contributed by atoms with van der Waals surface area (Å²) in [5.41, 5.74) is 3.37. The quantitative estimate of drug-likeness (QED) is 0.417. The average Bonchev–Trinajstić information content (AvgIpc) is 2.48. The van der Waals surface area contributed by atoms with Crippen LogP contribution in [0.15, 0.2) is 0 Å². The molecule has 0 N–H and O–H groups in total. The van der Waals surface area contributed by atoms with Gasteiger partial charge < -0.3 is 14.3 Å². The van der Waals surface area contributed by atoms with E-state index >= 15 is 0 Å². The van der Waals surface area contributed by atoms with E-state index in [0.29, 0.717) is 0 Å². The molecule has 1 aliphatic rings. The van der Waals surface area contributed by atoms with E-state index in [9.17, 15) is 4.79 Å². The molecule has 0 unspecified atom stereocenters. The fourth-order valence-corrected chi connectivity index (χ4v) is 2.32. The van der Waals surface area contributed by atoms with Crippen LogP contribution in [0.5, 0.6) is 0 Å². The first-order valence-corrected chi connectivity index (χ1v) is 9.32. The number of hydrogen-bond donors (Lipinski definition) is 0. The van der Waals surface area contributed by atoms with Crippen LogP contribution in [0.3, 0.4) is 0 Å².